The topological polar surface area (TPSA) is 58.6 Å². The summed E-state index contributed by atoms with van der Waals surface area (Å²) in [4.78, 5) is 12.2. The zero-order valence-electron chi connectivity index (χ0n) is 13.5. The van der Waals surface area contributed by atoms with Crippen LogP contribution in [0.15, 0.2) is 12.1 Å². The Morgan fingerprint density at radius 1 is 1.29 bits per heavy atom. The summed E-state index contributed by atoms with van der Waals surface area (Å²) >= 11 is 0. The summed E-state index contributed by atoms with van der Waals surface area (Å²) in [7, 11) is 1.30. The van der Waals surface area contributed by atoms with Crippen LogP contribution >= 0.6 is 0 Å². The van der Waals surface area contributed by atoms with E-state index < -0.39 is 23.0 Å². The number of carbonyl (C=O) groups excluding carboxylic acids is 1. The van der Waals surface area contributed by atoms with Gasteiger partial charge in [0.25, 0.3) is 5.91 Å². The number of aromatic hydroxyl groups is 1. The van der Waals surface area contributed by atoms with Gasteiger partial charge < -0.3 is 15.2 Å². The number of nitrogens with one attached hydrogen (secondary N) is 1. The lowest BCUT2D eigenvalue weighted by Crippen LogP contribution is -2.45. The first-order chi connectivity index (χ1) is 9.47. The third-order valence-corrected chi connectivity index (χ3v) is 2.97. The maximum Gasteiger partial charge on any atom is 0.255 e. The number of ether oxygens (including phenoxy) is 1. The van der Waals surface area contributed by atoms with E-state index in [1.807, 2.05) is 13.8 Å². The number of hydrogen-bond acceptors (Lipinski definition) is 3. The normalized spacial score (nSPS) is 12.1. The van der Waals surface area contributed by atoms with Crippen LogP contribution in [0.3, 0.4) is 0 Å². The maximum absolute atomic E-state index is 13.8. The van der Waals surface area contributed by atoms with Crippen molar-refractivity contribution in [2.24, 2.45) is 5.41 Å². The number of amides is 1. The van der Waals surface area contributed by atoms with Crippen LogP contribution in [0, 0.1) is 11.2 Å². The molecule has 0 aliphatic heterocycles. The van der Waals surface area contributed by atoms with Crippen molar-refractivity contribution in [1.29, 1.82) is 0 Å². The molecule has 5 heteroatoms. The number of benzene rings is 1. The fourth-order valence-electron chi connectivity index (χ4n) is 2.63. The van der Waals surface area contributed by atoms with Gasteiger partial charge in [0, 0.05) is 5.54 Å². The molecule has 21 heavy (non-hydrogen) atoms. The molecule has 0 radical (unpaired) electrons. The Bertz CT molecular complexity index is 533. The molecule has 118 valence electrons. The molecule has 1 rings (SSSR count). The lowest BCUT2D eigenvalue weighted by atomic mass is 9.81. The highest BCUT2D eigenvalue weighted by Gasteiger charge is 2.29. The second-order valence-electron chi connectivity index (χ2n) is 7.05. The molecular weight excluding hydrogens is 273 g/mol. The monoisotopic (exact) mass is 297 g/mol. The minimum Gasteiger partial charge on any atom is -0.504 e. The van der Waals surface area contributed by atoms with E-state index in [4.69, 9.17) is 4.74 Å². The average molecular weight is 297 g/mol. The molecule has 1 amide bonds. The number of phenols is 1. The first-order valence-corrected chi connectivity index (χ1v) is 6.85. The van der Waals surface area contributed by atoms with Crippen LogP contribution in [0.1, 0.15) is 51.4 Å². The summed E-state index contributed by atoms with van der Waals surface area (Å²) in [6.45, 7) is 10.0. The molecular formula is C16H24FNO3. The molecule has 1 aromatic rings. The third kappa shape index (κ3) is 4.62. The zero-order valence-corrected chi connectivity index (χ0v) is 13.5. The fraction of sp³-hybridized carbons (Fsp3) is 0.562. The van der Waals surface area contributed by atoms with Crippen molar-refractivity contribution in [2.75, 3.05) is 7.11 Å². The van der Waals surface area contributed by atoms with Gasteiger partial charge in [0.15, 0.2) is 11.5 Å². The number of carbonyl (C=O) groups is 1. The Hall–Kier alpha value is -1.78. The van der Waals surface area contributed by atoms with Crippen LogP contribution < -0.4 is 10.1 Å². The minimum atomic E-state index is -0.932. The van der Waals surface area contributed by atoms with Crippen molar-refractivity contribution in [2.45, 2.75) is 46.6 Å². The van der Waals surface area contributed by atoms with E-state index in [1.54, 1.807) is 0 Å². The lowest BCUT2D eigenvalue weighted by Gasteiger charge is -2.33. The standard InChI is InChI=1S/C16H24FNO3/c1-15(2,3)9-16(4,5)18-14(20)10-7-8-11(21-6)12(17)13(10)19/h7-8,19H,9H2,1-6H3,(H,18,20). The van der Waals surface area contributed by atoms with Gasteiger partial charge in [0.2, 0.25) is 5.82 Å². The van der Waals surface area contributed by atoms with Crippen molar-refractivity contribution in [3.63, 3.8) is 0 Å². The van der Waals surface area contributed by atoms with E-state index in [-0.39, 0.29) is 16.7 Å². The number of rotatable bonds is 4. The number of halogens is 1. The third-order valence-electron chi connectivity index (χ3n) is 2.97. The van der Waals surface area contributed by atoms with E-state index in [0.717, 1.165) is 6.42 Å². The molecule has 0 fully saturated rings. The van der Waals surface area contributed by atoms with Gasteiger partial charge in [-0.25, -0.2) is 0 Å². The first-order valence-electron chi connectivity index (χ1n) is 6.85. The number of phenolic OH excluding ortho intramolecular Hbond substituents is 1. The van der Waals surface area contributed by atoms with Gasteiger partial charge in [0.1, 0.15) is 0 Å². The zero-order chi connectivity index (χ0) is 16.4. The van der Waals surface area contributed by atoms with Crippen molar-refractivity contribution in [3.8, 4) is 11.5 Å². The average Bonchev–Trinajstić information content (AvgIpc) is 2.28. The van der Waals surface area contributed by atoms with E-state index in [0.29, 0.717) is 0 Å². The van der Waals surface area contributed by atoms with E-state index in [2.05, 4.69) is 26.1 Å². The summed E-state index contributed by atoms with van der Waals surface area (Å²) in [5.74, 6) is -2.24. The van der Waals surface area contributed by atoms with Gasteiger partial charge in [-0.1, -0.05) is 20.8 Å². The predicted octanol–water partition coefficient (Wildman–Crippen LogP) is 3.48. The quantitative estimate of drug-likeness (QED) is 0.894. The van der Waals surface area contributed by atoms with Crippen LogP contribution in [-0.2, 0) is 0 Å². The molecule has 0 unspecified atom stereocenters. The summed E-state index contributed by atoms with van der Waals surface area (Å²) in [5.41, 5.74) is -0.544. The largest absolute Gasteiger partial charge is 0.504 e. The van der Waals surface area contributed by atoms with Gasteiger partial charge in [-0.3, -0.25) is 4.79 Å². The Kier molecular flexibility index (Phi) is 4.87. The Labute approximate surface area is 125 Å². The molecule has 0 aromatic heterocycles. The van der Waals surface area contributed by atoms with Crippen LogP contribution in [0.5, 0.6) is 11.5 Å². The second kappa shape index (κ2) is 5.92. The van der Waals surface area contributed by atoms with E-state index >= 15 is 0 Å². The molecule has 0 bridgehead atoms. The summed E-state index contributed by atoms with van der Waals surface area (Å²) < 4.78 is 18.5. The van der Waals surface area contributed by atoms with Gasteiger partial charge in [-0.2, -0.15) is 4.39 Å². The fourth-order valence-corrected chi connectivity index (χ4v) is 2.63. The van der Waals surface area contributed by atoms with E-state index in [1.165, 1.54) is 19.2 Å². The molecule has 0 saturated carbocycles. The SMILES string of the molecule is COc1ccc(C(=O)NC(C)(C)CC(C)(C)C)c(O)c1F. The minimum absolute atomic E-state index is 0.0317. The molecule has 2 N–H and O–H groups in total. The molecule has 0 atom stereocenters. The van der Waals surface area contributed by atoms with Crippen LogP contribution in [0.25, 0.3) is 0 Å². The molecule has 0 aliphatic rings. The van der Waals surface area contributed by atoms with Crippen molar-refractivity contribution >= 4 is 5.91 Å². The van der Waals surface area contributed by atoms with Crippen molar-refractivity contribution in [1.82, 2.24) is 5.32 Å². The Morgan fingerprint density at radius 2 is 1.86 bits per heavy atom. The van der Waals surface area contributed by atoms with Gasteiger partial charge >= 0.3 is 0 Å². The summed E-state index contributed by atoms with van der Waals surface area (Å²) in [6.07, 6.45) is 0.741. The highest BCUT2D eigenvalue weighted by molar-refractivity contribution is 5.97. The molecule has 4 nitrogen and oxygen atoms in total. The Morgan fingerprint density at radius 3 is 2.33 bits per heavy atom. The first kappa shape index (κ1) is 17.3. The van der Waals surface area contributed by atoms with E-state index in [9.17, 15) is 14.3 Å². The molecule has 0 spiro atoms. The lowest BCUT2D eigenvalue weighted by molar-refractivity contribution is 0.0888. The van der Waals surface area contributed by atoms with Crippen LogP contribution in [-0.4, -0.2) is 23.7 Å². The van der Waals surface area contributed by atoms with Crippen LogP contribution in [0.2, 0.25) is 0 Å². The van der Waals surface area contributed by atoms with Crippen LogP contribution in [0.4, 0.5) is 4.39 Å². The molecule has 0 saturated heterocycles. The highest BCUT2D eigenvalue weighted by atomic mass is 19.1. The number of hydrogen-bond donors (Lipinski definition) is 2. The molecule has 0 heterocycles. The summed E-state index contributed by atoms with van der Waals surface area (Å²) in [5, 5.41) is 12.6. The van der Waals surface area contributed by atoms with Crippen molar-refractivity contribution < 1.29 is 19.0 Å². The van der Waals surface area contributed by atoms with Gasteiger partial charge in [-0.15, -0.1) is 0 Å². The van der Waals surface area contributed by atoms with Crippen molar-refractivity contribution in [3.05, 3.63) is 23.5 Å². The highest BCUT2D eigenvalue weighted by Crippen LogP contribution is 2.31. The summed E-state index contributed by atoms with van der Waals surface area (Å²) in [6, 6.07) is 2.67. The van der Waals surface area contributed by atoms with Gasteiger partial charge in [0.05, 0.1) is 12.7 Å². The molecule has 0 aliphatic carbocycles. The Balaban J connectivity index is 2.98. The predicted molar refractivity (Wildman–Crippen MR) is 80.2 cm³/mol. The smallest absolute Gasteiger partial charge is 0.255 e. The molecule has 1 aromatic carbocycles. The second-order valence-corrected chi connectivity index (χ2v) is 7.05. The number of methoxy groups -OCH3 is 1. The maximum atomic E-state index is 13.8. The van der Waals surface area contributed by atoms with Gasteiger partial charge in [-0.05, 0) is 37.8 Å².